The van der Waals surface area contributed by atoms with Gasteiger partial charge in [0.05, 0.1) is 16.3 Å². The fraction of sp³-hybridized carbons (Fsp3) is 0.0455. The first-order chi connectivity index (χ1) is 14.4. The molecule has 4 rings (SSSR count). The highest BCUT2D eigenvalue weighted by atomic mass is 35.5. The van der Waals surface area contributed by atoms with Gasteiger partial charge in [-0.1, -0.05) is 48.0 Å². The van der Waals surface area contributed by atoms with E-state index in [2.05, 4.69) is 9.71 Å². The van der Waals surface area contributed by atoms with E-state index in [0.717, 1.165) is 0 Å². The average molecular weight is 459 g/mol. The summed E-state index contributed by atoms with van der Waals surface area (Å²) in [6, 6.07) is 18.1. The maximum Gasteiger partial charge on any atom is 0.262 e. The van der Waals surface area contributed by atoms with Crippen molar-refractivity contribution in [2.75, 3.05) is 4.72 Å². The van der Waals surface area contributed by atoms with Crippen molar-refractivity contribution >= 4 is 38.6 Å². The lowest BCUT2D eigenvalue weighted by atomic mass is 10.1. The van der Waals surface area contributed by atoms with Crippen LogP contribution in [0.15, 0.2) is 77.0 Å². The van der Waals surface area contributed by atoms with Crippen molar-refractivity contribution in [1.82, 2.24) is 4.98 Å². The highest BCUT2D eigenvalue weighted by molar-refractivity contribution is 7.92. The SMILES string of the molecule is Cc1c(Cl)cccc1S(=O)(=O)Nc1ccccc1-c1csc(-c2ccccc2F)n1. The standard InChI is InChI=1S/C22H16ClFN2O2S2/c1-14-17(23)9-6-12-21(14)30(27,28)26-19-11-5-3-8-16(19)20-13-29-22(25-20)15-7-2-4-10-18(15)24/h2-13,26H,1H3. The normalized spacial score (nSPS) is 11.4. The van der Waals surface area contributed by atoms with E-state index in [1.165, 1.54) is 23.5 Å². The summed E-state index contributed by atoms with van der Waals surface area (Å²) in [5.74, 6) is -0.358. The molecule has 4 nitrogen and oxygen atoms in total. The Morgan fingerprint density at radius 2 is 1.67 bits per heavy atom. The van der Waals surface area contributed by atoms with Crippen LogP contribution in [0, 0.1) is 12.7 Å². The molecule has 0 radical (unpaired) electrons. The quantitative estimate of drug-likeness (QED) is 0.377. The smallest absolute Gasteiger partial charge is 0.262 e. The van der Waals surface area contributed by atoms with Crippen molar-refractivity contribution in [2.45, 2.75) is 11.8 Å². The molecule has 0 aliphatic heterocycles. The number of benzene rings is 3. The van der Waals surface area contributed by atoms with Crippen LogP contribution < -0.4 is 4.72 Å². The number of nitrogens with zero attached hydrogens (tertiary/aromatic N) is 1. The topological polar surface area (TPSA) is 59.1 Å². The fourth-order valence-electron chi connectivity index (χ4n) is 3.03. The van der Waals surface area contributed by atoms with Gasteiger partial charge in [0, 0.05) is 21.5 Å². The summed E-state index contributed by atoms with van der Waals surface area (Å²) in [6.07, 6.45) is 0. The number of nitrogens with one attached hydrogen (secondary N) is 1. The molecule has 0 aliphatic carbocycles. The summed E-state index contributed by atoms with van der Waals surface area (Å²) >= 11 is 7.39. The van der Waals surface area contributed by atoms with Gasteiger partial charge in [0.15, 0.2) is 0 Å². The second kappa shape index (κ2) is 8.18. The maximum absolute atomic E-state index is 14.1. The molecule has 1 N–H and O–H groups in total. The Morgan fingerprint density at radius 3 is 2.43 bits per heavy atom. The Balaban J connectivity index is 1.72. The molecule has 1 heterocycles. The molecule has 8 heteroatoms. The molecule has 30 heavy (non-hydrogen) atoms. The van der Waals surface area contributed by atoms with E-state index in [1.807, 2.05) is 0 Å². The first kappa shape index (κ1) is 20.5. The van der Waals surface area contributed by atoms with Gasteiger partial charge in [-0.15, -0.1) is 11.3 Å². The van der Waals surface area contributed by atoms with Crippen molar-refractivity contribution in [3.8, 4) is 21.8 Å². The van der Waals surface area contributed by atoms with Gasteiger partial charge < -0.3 is 0 Å². The first-order valence-electron chi connectivity index (χ1n) is 8.94. The molecule has 0 spiro atoms. The third-order valence-electron chi connectivity index (χ3n) is 4.56. The zero-order valence-electron chi connectivity index (χ0n) is 15.8. The van der Waals surface area contributed by atoms with Crippen molar-refractivity contribution < 1.29 is 12.8 Å². The number of hydrogen-bond acceptors (Lipinski definition) is 4. The minimum absolute atomic E-state index is 0.107. The number of thiazole rings is 1. The van der Waals surface area contributed by atoms with E-state index >= 15 is 0 Å². The van der Waals surface area contributed by atoms with Crippen LogP contribution in [-0.4, -0.2) is 13.4 Å². The highest BCUT2D eigenvalue weighted by Crippen LogP contribution is 2.35. The van der Waals surface area contributed by atoms with Gasteiger partial charge in [-0.05, 0) is 42.8 Å². The molecular formula is C22H16ClFN2O2S2. The van der Waals surface area contributed by atoms with E-state index in [-0.39, 0.29) is 10.7 Å². The highest BCUT2D eigenvalue weighted by Gasteiger charge is 2.21. The predicted molar refractivity (Wildman–Crippen MR) is 120 cm³/mol. The Labute approximate surface area is 183 Å². The average Bonchev–Trinajstić information content (AvgIpc) is 3.20. The Bertz CT molecular complexity index is 1340. The molecule has 0 atom stereocenters. The van der Waals surface area contributed by atoms with Gasteiger partial charge >= 0.3 is 0 Å². The summed E-state index contributed by atoms with van der Waals surface area (Å²) in [6.45, 7) is 1.66. The minimum atomic E-state index is -3.87. The number of aromatic nitrogens is 1. The molecule has 0 fully saturated rings. The zero-order valence-corrected chi connectivity index (χ0v) is 18.2. The third-order valence-corrected chi connectivity index (χ3v) is 7.36. The number of rotatable bonds is 5. The number of anilines is 1. The summed E-state index contributed by atoms with van der Waals surface area (Å²) < 4.78 is 42.7. The number of halogens is 2. The molecule has 0 aliphatic rings. The van der Waals surface area contributed by atoms with Gasteiger partial charge in [-0.25, -0.2) is 17.8 Å². The number of hydrogen-bond donors (Lipinski definition) is 1. The Kier molecular flexibility index (Phi) is 5.60. The van der Waals surface area contributed by atoms with E-state index < -0.39 is 10.0 Å². The second-order valence-electron chi connectivity index (χ2n) is 6.53. The van der Waals surface area contributed by atoms with Crippen molar-refractivity contribution in [2.24, 2.45) is 0 Å². The summed E-state index contributed by atoms with van der Waals surface area (Å²) in [4.78, 5) is 4.64. The van der Waals surface area contributed by atoms with Crippen LogP contribution in [0.4, 0.5) is 10.1 Å². The Hall–Kier alpha value is -2.74. The predicted octanol–water partition coefficient (Wildman–Crippen LogP) is 6.38. The lowest BCUT2D eigenvalue weighted by Gasteiger charge is -2.13. The van der Waals surface area contributed by atoms with Gasteiger partial charge in [-0.3, -0.25) is 4.72 Å². The molecule has 0 saturated carbocycles. The summed E-state index contributed by atoms with van der Waals surface area (Å²) in [5.41, 5.74) is 2.40. The fourth-order valence-corrected chi connectivity index (χ4v) is 5.46. The van der Waals surface area contributed by atoms with Crippen LogP contribution in [0.3, 0.4) is 0 Å². The van der Waals surface area contributed by atoms with Crippen LogP contribution in [0.25, 0.3) is 21.8 Å². The van der Waals surface area contributed by atoms with Crippen molar-refractivity contribution in [3.05, 3.63) is 88.5 Å². The van der Waals surface area contributed by atoms with Gasteiger partial charge in [0.1, 0.15) is 10.8 Å². The number of sulfonamides is 1. The monoisotopic (exact) mass is 458 g/mol. The second-order valence-corrected chi connectivity index (χ2v) is 9.45. The molecular weight excluding hydrogens is 443 g/mol. The molecule has 0 bridgehead atoms. The van der Waals surface area contributed by atoms with Gasteiger partial charge in [0.25, 0.3) is 10.0 Å². The van der Waals surface area contributed by atoms with E-state index in [0.29, 0.717) is 38.1 Å². The van der Waals surface area contributed by atoms with Gasteiger partial charge in [0.2, 0.25) is 0 Å². The molecule has 152 valence electrons. The molecule has 0 unspecified atom stereocenters. The van der Waals surface area contributed by atoms with Crippen molar-refractivity contribution in [3.63, 3.8) is 0 Å². The van der Waals surface area contributed by atoms with Crippen LogP contribution in [0.5, 0.6) is 0 Å². The van der Waals surface area contributed by atoms with Crippen LogP contribution >= 0.6 is 22.9 Å². The molecule has 3 aromatic carbocycles. The lowest BCUT2D eigenvalue weighted by Crippen LogP contribution is -2.15. The molecule has 4 aromatic rings. The summed E-state index contributed by atoms with van der Waals surface area (Å²) in [7, 11) is -3.87. The third kappa shape index (κ3) is 3.96. The van der Waals surface area contributed by atoms with Crippen LogP contribution in [-0.2, 0) is 10.0 Å². The van der Waals surface area contributed by atoms with E-state index in [4.69, 9.17) is 11.6 Å². The number of para-hydroxylation sites is 1. The summed E-state index contributed by atoms with van der Waals surface area (Å²) in [5, 5.41) is 2.67. The molecule has 0 amide bonds. The largest absolute Gasteiger partial charge is 0.279 e. The van der Waals surface area contributed by atoms with Gasteiger partial charge in [-0.2, -0.15) is 0 Å². The maximum atomic E-state index is 14.1. The zero-order chi connectivity index (χ0) is 21.3. The molecule has 1 aromatic heterocycles. The molecule has 0 saturated heterocycles. The van der Waals surface area contributed by atoms with E-state index in [9.17, 15) is 12.8 Å². The van der Waals surface area contributed by atoms with Crippen molar-refractivity contribution in [1.29, 1.82) is 0 Å². The first-order valence-corrected chi connectivity index (χ1v) is 11.7. The lowest BCUT2D eigenvalue weighted by molar-refractivity contribution is 0.600. The van der Waals surface area contributed by atoms with E-state index in [1.54, 1.807) is 66.9 Å². The van der Waals surface area contributed by atoms with Crippen LogP contribution in [0.2, 0.25) is 5.02 Å². The Morgan fingerprint density at radius 1 is 0.967 bits per heavy atom. The minimum Gasteiger partial charge on any atom is -0.279 e. The van der Waals surface area contributed by atoms with Crippen LogP contribution in [0.1, 0.15) is 5.56 Å².